The third-order valence-corrected chi connectivity index (χ3v) is 4.29. The van der Waals surface area contributed by atoms with Crippen molar-refractivity contribution >= 4 is 29.0 Å². The number of rotatable bonds is 4. The van der Waals surface area contributed by atoms with Crippen molar-refractivity contribution in [2.24, 2.45) is 7.05 Å². The van der Waals surface area contributed by atoms with E-state index in [0.29, 0.717) is 11.8 Å². The number of halogens is 3. The number of amides is 2. The zero-order valence-electron chi connectivity index (χ0n) is 16.5. The topological polar surface area (TPSA) is 119 Å². The number of nitrogens with two attached hydrogens (primary N) is 1. The van der Waals surface area contributed by atoms with E-state index in [-0.39, 0.29) is 29.4 Å². The van der Waals surface area contributed by atoms with Crippen LogP contribution in [0.3, 0.4) is 0 Å². The summed E-state index contributed by atoms with van der Waals surface area (Å²) in [5.74, 6) is -1.64. The Morgan fingerprint density at radius 1 is 1.19 bits per heavy atom. The van der Waals surface area contributed by atoms with Gasteiger partial charge in [0.05, 0.1) is 41.6 Å². The van der Waals surface area contributed by atoms with Gasteiger partial charge in [-0.15, -0.1) is 0 Å². The molecule has 162 valence electrons. The number of nitrogens with one attached hydrogen (secondary N) is 1. The van der Waals surface area contributed by atoms with Crippen molar-refractivity contribution in [3.8, 4) is 0 Å². The molecule has 9 nitrogen and oxygen atoms in total. The van der Waals surface area contributed by atoms with Crippen molar-refractivity contribution < 1.29 is 22.8 Å². The van der Waals surface area contributed by atoms with E-state index in [1.54, 1.807) is 20.0 Å². The first kappa shape index (κ1) is 21.7. The maximum Gasteiger partial charge on any atom is 0.417 e. The van der Waals surface area contributed by atoms with E-state index in [4.69, 9.17) is 5.73 Å². The Bertz CT molecular complexity index is 1110. The predicted molar refractivity (Wildman–Crippen MR) is 106 cm³/mol. The molecular weight excluding hydrogens is 415 g/mol. The Labute approximate surface area is 174 Å². The number of anilines is 3. The minimum absolute atomic E-state index is 0.156. The van der Waals surface area contributed by atoms with E-state index in [1.807, 2.05) is 0 Å². The van der Waals surface area contributed by atoms with Crippen LogP contribution in [0.25, 0.3) is 0 Å². The van der Waals surface area contributed by atoms with Crippen LogP contribution in [0.15, 0.2) is 43.0 Å². The summed E-state index contributed by atoms with van der Waals surface area (Å²) in [5.41, 5.74) is 6.04. The number of pyridine rings is 2. The highest BCUT2D eigenvalue weighted by atomic mass is 19.4. The summed E-state index contributed by atoms with van der Waals surface area (Å²) < 4.78 is 39.7. The minimum atomic E-state index is -4.53. The third kappa shape index (κ3) is 5.15. The summed E-state index contributed by atoms with van der Waals surface area (Å²) >= 11 is 0. The minimum Gasteiger partial charge on any atom is -0.383 e. The van der Waals surface area contributed by atoms with E-state index in [0.717, 1.165) is 17.0 Å². The molecule has 2 amide bonds. The molecule has 0 fully saturated rings. The highest BCUT2D eigenvalue weighted by Gasteiger charge is 2.31. The summed E-state index contributed by atoms with van der Waals surface area (Å²) in [5, 5.41) is 6.41. The molecular formula is C19H18F3N7O2. The first-order valence-electron chi connectivity index (χ1n) is 8.90. The molecule has 0 aliphatic heterocycles. The number of hydrogen-bond acceptors (Lipinski definition) is 6. The van der Waals surface area contributed by atoms with Gasteiger partial charge in [0.15, 0.2) is 0 Å². The number of carbonyl (C=O) groups is 2. The molecule has 0 radical (unpaired) electrons. The molecule has 0 saturated carbocycles. The Balaban J connectivity index is 1.83. The van der Waals surface area contributed by atoms with E-state index in [9.17, 15) is 22.8 Å². The first-order chi connectivity index (χ1) is 14.5. The van der Waals surface area contributed by atoms with Crippen molar-refractivity contribution in [3.05, 3.63) is 59.8 Å². The molecule has 3 aromatic heterocycles. The average Bonchev–Trinajstić information content (AvgIpc) is 3.14. The second-order valence-corrected chi connectivity index (χ2v) is 6.68. The van der Waals surface area contributed by atoms with Gasteiger partial charge in [-0.1, -0.05) is 0 Å². The lowest BCUT2D eigenvalue weighted by Crippen LogP contribution is -2.39. The van der Waals surface area contributed by atoms with Gasteiger partial charge in [-0.2, -0.15) is 18.3 Å². The maximum atomic E-state index is 12.9. The lowest BCUT2D eigenvalue weighted by atomic mass is 10.2. The molecule has 0 aromatic carbocycles. The Kier molecular flexibility index (Phi) is 5.90. The van der Waals surface area contributed by atoms with Gasteiger partial charge in [-0.05, 0) is 30.7 Å². The number of nitrogen functional groups attached to an aromatic ring is 1. The normalized spacial score (nSPS) is 11.3. The number of carbonyl (C=O) groups excluding carboxylic acids is 2. The van der Waals surface area contributed by atoms with Crippen LogP contribution < -0.4 is 16.0 Å². The number of aromatic nitrogens is 4. The number of aryl methyl sites for hydroxylation is 2. The van der Waals surface area contributed by atoms with Crippen LogP contribution >= 0.6 is 0 Å². The van der Waals surface area contributed by atoms with Crippen LogP contribution in [0.2, 0.25) is 0 Å². The van der Waals surface area contributed by atoms with Crippen molar-refractivity contribution in [1.82, 2.24) is 19.7 Å². The number of nitrogens with zero attached hydrogens (tertiary/aromatic N) is 5. The highest BCUT2D eigenvalue weighted by molar-refractivity contribution is 6.44. The maximum absolute atomic E-state index is 12.9. The molecule has 3 rings (SSSR count). The van der Waals surface area contributed by atoms with Crippen molar-refractivity contribution in [1.29, 1.82) is 0 Å². The third-order valence-electron chi connectivity index (χ3n) is 4.29. The molecule has 0 saturated heterocycles. The molecule has 0 atom stereocenters. The van der Waals surface area contributed by atoms with Crippen LogP contribution in [0, 0.1) is 6.92 Å². The van der Waals surface area contributed by atoms with Gasteiger partial charge >= 0.3 is 18.0 Å². The van der Waals surface area contributed by atoms with Crippen LogP contribution in [0.4, 0.5) is 30.4 Å². The van der Waals surface area contributed by atoms with Gasteiger partial charge in [0.1, 0.15) is 5.82 Å². The van der Waals surface area contributed by atoms with E-state index in [1.165, 1.54) is 23.3 Å². The largest absolute Gasteiger partial charge is 0.417 e. The lowest BCUT2D eigenvalue weighted by molar-refractivity contribution is -0.137. The Morgan fingerprint density at radius 3 is 2.48 bits per heavy atom. The molecule has 3 N–H and O–H groups in total. The standard InChI is InChI=1S/C19H18F3N7O2/c1-11-5-14(7-25-16(11)23)27-17(30)18(31)29(15-8-26-28(2)10-15)9-13-4-3-12(6-24-13)19(20,21)22/h3-8,10H,9H2,1-2H3,(H2,23,25)(H,27,30). The van der Waals surface area contributed by atoms with Gasteiger partial charge < -0.3 is 11.1 Å². The van der Waals surface area contributed by atoms with Crippen LogP contribution in [0.1, 0.15) is 16.8 Å². The molecule has 0 spiro atoms. The fourth-order valence-corrected chi connectivity index (χ4v) is 2.64. The Morgan fingerprint density at radius 2 is 1.94 bits per heavy atom. The predicted octanol–water partition coefficient (Wildman–Crippen LogP) is 2.29. The highest BCUT2D eigenvalue weighted by Crippen LogP contribution is 2.28. The summed E-state index contributed by atoms with van der Waals surface area (Å²) in [7, 11) is 1.62. The smallest absolute Gasteiger partial charge is 0.383 e. The van der Waals surface area contributed by atoms with Crippen molar-refractivity contribution in [3.63, 3.8) is 0 Å². The van der Waals surface area contributed by atoms with Gasteiger partial charge in [-0.25, -0.2) is 4.98 Å². The summed E-state index contributed by atoms with van der Waals surface area (Å²) in [6.07, 6.45) is 0.285. The summed E-state index contributed by atoms with van der Waals surface area (Å²) in [4.78, 5) is 34.2. The average molecular weight is 433 g/mol. The molecule has 0 bridgehead atoms. The second-order valence-electron chi connectivity index (χ2n) is 6.68. The van der Waals surface area contributed by atoms with E-state index >= 15 is 0 Å². The molecule has 0 unspecified atom stereocenters. The Hall–Kier alpha value is -3.96. The fourth-order valence-electron chi connectivity index (χ4n) is 2.64. The zero-order chi connectivity index (χ0) is 22.8. The molecule has 0 aliphatic carbocycles. The van der Waals surface area contributed by atoms with E-state index in [2.05, 4.69) is 20.4 Å². The number of hydrogen-bond donors (Lipinski definition) is 2. The quantitative estimate of drug-likeness (QED) is 0.610. The first-order valence-corrected chi connectivity index (χ1v) is 8.90. The molecule has 3 aromatic rings. The van der Waals surface area contributed by atoms with Crippen LogP contribution in [0.5, 0.6) is 0 Å². The molecule has 0 aliphatic rings. The van der Waals surface area contributed by atoms with Crippen LogP contribution in [-0.4, -0.2) is 31.6 Å². The fraction of sp³-hybridized carbons (Fsp3) is 0.211. The van der Waals surface area contributed by atoms with E-state index < -0.39 is 23.6 Å². The summed E-state index contributed by atoms with van der Waals surface area (Å²) in [6.45, 7) is 1.45. The molecule has 12 heteroatoms. The van der Waals surface area contributed by atoms with Crippen LogP contribution in [-0.2, 0) is 29.4 Å². The van der Waals surface area contributed by atoms with Gasteiger partial charge in [0.25, 0.3) is 0 Å². The summed E-state index contributed by atoms with van der Waals surface area (Å²) in [6, 6.07) is 3.56. The van der Waals surface area contributed by atoms with Gasteiger partial charge in [0, 0.05) is 19.4 Å². The number of alkyl halides is 3. The van der Waals surface area contributed by atoms with Crippen molar-refractivity contribution in [2.75, 3.05) is 16.0 Å². The zero-order valence-corrected chi connectivity index (χ0v) is 16.5. The van der Waals surface area contributed by atoms with Gasteiger partial charge in [0.2, 0.25) is 0 Å². The molecule has 3 heterocycles. The SMILES string of the molecule is Cc1cc(NC(=O)C(=O)N(Cc2ccc(C(F)(F)F)cn2)c2cnn(C)c2)cnc1N. The molecule has 31 heavy (non-hydrogen) atoms. The van der Waals surface area contributed by atoms with Gasteiger partial charge in [-0.3, -0.25) is 24.2 Å². The monoisotopic (exact) mass is 433 g/mol. The second kappa shape index (κ2) is 8.42. The van der Waals surface area contributed by atoms with Crippen molar-refractivity contribution in [2.45, 2.75) is 19.6 Å². The lowest BCUT2D eigenvalue weighted by Gasteiger charge is -2.20.